The lowest BCUT2D eigenvalue weighted by molar-refractivity contribution is 0.135. The second-order valence-corrected chi connectivity index (χ2v) is 12.2. The lowest BCUT2D eigenvalue weighted by Crippen LogP contribution is -2.39. The zero-order valence-corrected chi connectivity index (χ0v) is 26.1. The van der Waals surface area contributed by atoms with Crippen molar-refractivity contribution in [3.05, 3.63) is 12.4 Å². The van der Waals surface area contributed by atoms with E-state index in [1.54, 1.807) is 0 Å². The summed E-state index contributed by atoms with van der Waals surface area (Å²) in [6.45, 7) is 9.46. The third-order valence-electron chi connectivity index (χ3n) is 8.57. The van der Waals surface area contributed by atoms with Crippen LogP contribution in [-0.2, 0) is 0 Å². The van der Waals surface area contributed by atoms with Crippen LogP contribution in [0.3, 0.4) is 0 Å². The summed E-state index contributed by atoms with van der Waals surface area (Å²) in [6, 6.07) is 0. The Morgan fingerprint density at radius 3 is 0.973 bits per heavy atom. The molecule has 37 heavy (non-hydrogen) atoms. The third kappa shape index (κ3) is 20.0. The van der Waals surface area contributed by atoms with E-state index < -0.39 is 0 Å². The van der Waals surface area contributed by atoms with Crippen LogP contribution in [0.5, 0.6) is 0 Å². The summed E-state index contributed by atoms with van der Waals surface area (Å²) >= 11 is 0. The predicted octanol–water partition coefficient (Wildman–Crippen LogP) is 12.0. The van der Waals surface area contributed by atoms with Crippen LogP contribution < -0.4 is 0 Å². The lowest BCUT2D eigenvalue weighted by atomic mass is 10.0. The predicted molar refractivity (Wildman–Crippen MR) is 168 cm³/mol. The van der Waals surface area contributed by atoms with Crippen LogP contribution in [0.15, 0.2) is 12.4 Å². The van der Waals surface area contributed by atoms with Crippen molar-refractivity contribution >= 4 is 0 Å². The summed E-state index contributed by atoms with van der Waals surface area (Å²) in [6.07, 6.45) is 44.0. The van der Waals surface area contributed by atoms with Crippen molar-refractivity contribution in [1.29, 1.82) is 0 Å². The topological polar surface area (TPSA) is 6.48 Å². The lowest BCUT2D eigenvalue weighted by Gasteiger charge is -2.33. The van der Waals surface area contributed by atoms with Crippen LogP contribution in [0.2, 0.25) is 0 Å². The Kier molecular flexibility index (Phi) is 25.0. The van der Waals surface area contributed by atoms with Crippen molar-refractivity contribution < 1.29 is 0 Å². The monoisotopic (exact) mass is 519 g/mol. The van der Waals surface area contributed by atoms with Gasteiger partial charge in [-0.3, -0.25) is 0 Å². The molecule has 0 fully saturated rings. The van der Waals surface area contributed by atoms with Gasteiger partial charge in [0.05, 0.1) is 0 Å². The summed E-state index contributed by atoms with van der Waals surface area (Å²) in [5, 5.41) is 0. The maximum Gasteiger partial charge on any atom is 0.101 e. The Hall–Kier alpha value is -0.660. The van der Waals surface area contributed by atoms with E-state index in [1.807, 2.05) is 0 Å². The molecule has 2 nitrogen and oxygen atoms in total. The van der Waals surface area contributed by atoms with Crippen LogP contribution in [0.25, 0.3) is 0 Å². The average molecular weight is 519 g/mol. The minimum Gasteiger partial charge on any atom is -0.356 e. The van der Waals surface area contributed by atoms with Gasteiger partial charge >= 0.3 is 0 Å². The number of nitrogens with zero attached hydrogens (tertiary/aromatic N) is 2. The Bertz CT molecular complexity index is 474. The van der Waals surface area contributed by atoms with Crippen LogP contribution >= 0.6 is 0 Å². The molecule has 0 aromatic carbocycles. The molecule has 1 rings (SSSR count). The van der Waals surface area contributed by atoms with E-state index in [1.165, 1.54) is 186 Å². The molecule has 0 aromatic rings. The highest BCUT2D eigenvalue weighted by atomic mass is 15.4. The second-order valence-electron chi connectivity index (χ2n) is 12.2. The van der Waals surface area contributed by atoms with Gasteiger partial charge < -0.3 is 9.80 Å². The molecule has 0 aliphatic carbocycles. The summed E-state index contributed by atoms with van der Waals surface area (Å²) in [7, 11) is 0. The highest BCUT2D eigenvalue weighted by molar-refractivity contribution is 4.97. The van der Waals surface area contributed by atoms with Crippen molar-refractivity contribution in [2.45, 2.75) is 200 Å². The molecule has 0 saturated heterocycles. The van der Waals surface area contributed by atoms with Gasteiger partial charge in [-0.25, -0.2) is 0 Å². The second kappa shape index (κ2) is 26.9. The van der Waals surface area contributed by atoms with Gasteiger partial charge in [-0.15, -0.1) is 0 Å². The first-order valence-corrected chi connectivity index (χ1v) is 17.5. The first-order valence-electron chi connectivity index (χ1n) is 17.5. The summed E-state index contributed by atoms with van der Waals surface area (Å²) in [5.41, 5.74) is 0. The zero-order chi connectivity index (χ0) is 26.7. The number of hydrogen-bond acceptors (Lipinski definition) is 2. The quantitative estimate of drug-likeness (QED) is 0.0908. The van der Waals surface area contributed by atoms with E-state index in [-0.39, 0.29) is 0 Å². The fourth-order valence-corrected chi connectivity index (χ4v) is 6.01. The Morgan fingerprint density at radius 2 is 0.622 bits per heavy atom. The Labute approximate surface area is 235 Å². The minimum atomic E-state index is 0.643. The molecular formula is C35H70N2. The molecule has 0 N–H and O–H groups in total. The molecule has 0 spiro atoms. The normalized spacial score (nSPS) is 15.4. The molecule has 220 valence electrons. The van der Waals surface area contributed by atoms with Gasteiger partial charge in [0.15, 0.2) is 0 Å². The van der Waals surface area contributed by atoms with E-state index in [0.29, 0.717) is 6.17 Å². The minimum absolute atomic E-state index is 0.643. The fraction of sp³-hybridized carbons (Fsp3) is 0.943. The van der Waals surface area contributed by atoms with E-state index >= 15 is 0 Å². The van der Waals surface area contributed by atoms with Crippen molar-refractivity contribution in [1.82, 2.24) is 9.80 Å². The highest BCUT2D eigenvalue weighted by Gasteiger charge is 2.24. The first-order chi connectivity index (χ1) is 18.3. The zero-order valence-electron chi connectivity index (χ0n) is 26.1. The highest BCUT2D eigenvalue weighted by Crippen LogP contribution is 2.23. The van der Waals surface area contributed by atoms with Gasteiger partial charge in [0.2, 0.25) is 0 Å². The summed E-state index contributed by atoms with van der Waals surface area (Å²) < 4.78 is 0. The van der Waals surface area contributed by atoms with E-state index in [9.17, 15) is 0 Å². The van der Waals surface area contributed by atoms with Crippen molar-refractivity contribution in [2.75, 3.05) is 13.1 Å². The molecule has 1 atom stereocenters. The molecule has 1 heterocycles. The largest absolute Gasteiger partial charge is 0.356 e. The molecule has 1 unspecified atom stereocenters. The smallest absolute Gasteiger partial charge is 0.101 e. The van der Waals surface area contributed by atoms with Crippen LogP contribution in [0.1, 0.15) is 194 Å². The van der Waals surface area contributed by atoms with Gasteiger partial charge in [-0.1, -0.05) is 168 Å². The van der Waals surface area contributed by atoms with Gasteiger partial charge in [-0.05, 0) is 25.7 Å². The molecule has 0 saturated carbocycles. The van der Waals surface area contributed by atoms with Crippen LogP contribution in [0.4, 0.5) is 0 Å². The summed E-state index contributed by atoms with van der Waals surface area (Å²) in [5.74, 6) is 0. The standard InChI is InChI=1S/C35H70N2/c1-4-7-10-13-14-15-16-17-18-19-20-21-22-23-24-26-29-32-37-34-33-36(31-28-12-9-6-3)35(37)30-27-25-11-8-5-2/h33-35H,4-32H2,1-3H3. The molecule has 2 heteroatoms. The van der Waals surface area contributed by atoms with Crippen molar-refractivity contribution in [2.24, 2.45) is 0 Å². The van der Waals surface area contributed by atoms with Crippen LogP contribution in [0, 0.1) is 0 Å². The van der Waals surface area contributed by atoms with E-state index in [4.69, 9.17) is 0 Å². The average Bonchev–Trinajstić information content (AvgIpc) is 3.29. The molecule has 0 amide bonds. The van der Waals surface area contributed by atoms with E-state index in [2.05, 4.69) is 43.0 Å². The first kappa shape index (κ1) is 34.4. The van der Waals surface area contributed by atoms with Gasteiger partial charge in [0, 0.05) is 25.5 Å². The summed E-state index contributed by atoms with van der Waals surface area (Å²) in [4.78, 5) is 5.36. The van der Waals surface area contributed by atoms with Crippen molar-refractivity contribution in [3.63, 3.8) is 0 Å². The van der Waals surface area contributed by atoms with Gasteiger partial charge in [0.25, 0.3) is 0 Å². The molecule has 1 aliphatic heterocycles. The molecular weight excluding hydrogens is 448 g/mol. The van der Waals surface area contributed by atoms with Gasteiger partial charge in [-0.2, -0.15) is 0 Å². The maximum absolute atomic E-state index is 2.69. The third-order valence-corrected chi connectivity index (χ3v) is 8.57. The molecule has 0 aromatic heterocycles. The van der Waals surface area contributed by atoms with E-state index in [0.717, 1.165) is 0 Å². The molecule has 0 bridgehead atoms. The maximum atomic E-state index is 2.69. The Balaban J connectivity index is 2.03. The SMILES string of the molecule is CCCCCCCCCCCCCCCCCCCN1C=CN(CCCCCC)C1CCCCCCC. The Morgan fingerprint density at radius 1 is 0.351 bits per heavy atom. The number of hydrogen-bond donors (Lipinski definition) is 0. The molecule has 0 radical (unpaired) electrons. The van der Waals surface area contributed by atoms with Gasteiger partial charge in [0.1, 0.15) is 6.17 Å². The number of rotatable bonds is 29. The van der Waals surface area contributed by atoms with Crippen molar-refractivity contribution in [3.8, 4) is 0 Å². The number of unbranched alkanes of at least 4 members (excludes halogenated alkanes) is 23. The van der Waals surface area contributed by atoms with Crippen LogP contribution in [-0.4, -0.2) is 29.1 Å². The fourth-order valence-electron chi connectivity index (χ4n) is 6.01. The molecule has 1 aliphatic rings.